The summed E-state index contributed by atoms with van der Waals surface area (Å²) in [6, 6.07) is 14.7. The standard InChI is InChI=1S/C17H14N4O4/c1-20(17(22)13-7-9-14(10-8-13)21(23)24)11-15-18-19-16(25-15)12-5-3-2-4-6-12/h2-10H,11H2,1H3. The summed E-state index contributed by atoms with van der Waals surface area (Å²) in [5, 5.41) is 18.6. The molecule has 0 N–H and O–H groups in total. The Balaban J connectivity index is 1.69. The number of hydrogen-bond donors (Lipinski definition) is 0. The molecule has 0 fully saturated rings. The number of non-ortho nitro benzene ring substituents is 1. The van der Waals surface area contributed by atoms with Crippen LogP contribution in [0.1, 0.15) is 16.2 Å². The minimum absolute atomic E-state index is 0.0661. The number of rotatable bonds is 5. The van der Waals surface area contributed by atoms with Gasteiger partial charge in [-0.05, 0) is 24.3 Å². The minimum atomic E-state index is -0.512. The third kappa shape index (κ3) is 3.69. The van der Waals surface area contributed by atoms with Gasteiger partial charge in [-0.15, -0.1) is 10.2 Å². The highest BCUT2D eigenvalue weighted by Gasteiger charge is 2.17. The zero-order valence-corrected chi connectivity index (χ0v) is 13.3. The first-order chi connectivity index (χ1) is 12.0. The second-order valence-electron chi connectivity index (χ2n) is 5.33. The SMILES string of the molecule is CN(Cc1nnc(-c2ccccc2)o1)C(=O)c1ccc([N+](=O)[O-])cc1. The number of amides is 1. The summed E-state index contributed by atoms with van der Waals surface area (Å²) in [6.45, 7) is 0.135. The Morgan fingerprint density at radius 1 is 1.12 bits per heavy atom. The number of nitrogens with zero attached hydrogens (tertiary/aromatic N) is 4. The number of aromatic nitrogens is 2. The third-order valence-electron chi connectivity index (χ3n) is 3.53. The van der Waals surface area contributed by atoms with Gasteiger partial charge >= 0.3 is 0 Å². The first kappa shape index (κ1) is 16.3. The smallest absolute Gasteiger partial charge is 0.269 e. The van der Waals surface area contributed by atoms with Crippen molar-refractivity contribution < 1.29 is 14.1 Å². The molecular weight excluding hydrogens is 324 g/mol. The van der Waals surface area contributed by atoms with E-state index in [1.54, 1.807) is 7.05 Å². The minimum Gasteiger partial charge on any atom is -0.419 e. The van der Waals surface area contributed by atoms with Crippen molar-refractivity contribution in [1.82, 2.24) is 15.1 Å². The second-order valence-corrected chi connectivity index (χ2v) is 5.33. The van der Waals surface area contributed by atoms with Gasteiger partial charge in [0.25, 0.3) is 11.6 Å². The number of nitro benzene ring substituents is 1. The predicted molar refractivity (Wildman–Crippen MR) is 88.6 cm³/mol. The molecule has 25 heavy (non-hydrogen) atoms. The van der Waals surface area contributed by atoms with Gasteiger partial charge in [0.15, 0.2) is 0 Å². The number of hydrogen-bond acceptors (Lipinski definition) is 6. The molecule has 0 radical (unpaired) electrons. The Morgan fingerprint density at radius 2 is 1.80 bits per heavy atom. The van der Waals surface area contributed by atoms with Crippen LogP contribution >= 0.6 is 0 Å². The van der Waals surface area contributed by atoms with Gasteiger partial charge in [0.05, 0.1) is 11.5 Å². The van der Waals surface area contributed by atoms with Crippen LogP contribution in [0.5, 0.6) is 0 Å². The fourth-order valence-corrected chi connectivity index (χ4v) is 2.24. The van der Waals surface area contributed by atoms with Gasteiger partial charge in [-0.2, -0.15) is 0 Å². The molecule has 1 amide bonds. The Hall–Kier alpha value is -3.55. The highest BCUT2D eigenvalue weighted by Crippen LogP contribution is 2.18. The van der Waals surface area contributed by atoms with E-state index in [0.29, 0.717) is 17.3 Å². The summed E-state index contributed by atoms with van der Waals surface area (Å²) >= 11 is 0. The largest absolute Gasteiger partial charge is 0.419 e. The van der Waals surface area contributed by atoms with E-state index in [9.17, 15) is 14.9 Å². The highest BCUT2D eigenvalue weighted by molar-refractivity contribution is 5.94. The molecule has 0 aliphatic carbocycles. The van der Waals surface area contributed by atoms with Gasteiger partial charge in [-0.25, -0.2) is 0 Å². The fourth-order valence-electron chi connectivity index (χ4n) is 2.24. The lowest BCUT2D eigenvalue weighted by molar-refractivity contribution is -0.384. The van der Waals surface area contributed by atoms with Gasteiger partial charge in [-0.3, -0.25) is 14.9 Å². The fraction of sp³-hybridized carbons (Fsp3) is 0.118. The maximum atomic E-state index is 12.4. The quantitative estimate of drug-likeness (QED) is 0.523. The van der Waals surface area contributed by atoms with Gasteiger partial charge < -0.3 is 9.32 Å². The van der Waals surface area contributed by atoms with E-state index in [-0.39, 0.29) is 18.1 Å². The molecule has 0 saturated carbocycles. The molecule has 0 spiro atoms. The molecule has 1 heterocycles. The summed E-state index contributed by atoms with van der Waals surface area (Å²) in [6.07, 6.45) is 0. The Bertz CT molecular complexity index is 891. The van der Waals surface area contributed by atoms with E-state index >= 15 is 0 Å². The van der Waals surface area contributed by atoms with Crippen LogP contribution in [0.2, 0.25) is 0 Å². The number of benzene rings is 2. The number of nitro groups is 1. The van der Waals surface area contributed by atoms with E-state index in [1.807, 2.05) is 30.3 Å². The average molecular weight is 338 g/mol. The Morgan fingerprint density at radius 3 is 2.44 bits per heavy atom. The molecule has 8 heteroatoms. The summed E-state index contributed by atoms with van der Waals surface area (Å²) < 4.78 is 5.57. The topological polar surface area (TPSA) is 102 Å². The summed E-state index contributed by atoms with van der Waals surface area (Å²) in [7, 11) is 1.59. The Labute approximate surface area is 142 Å². The van der Waals surface area contributed by atoms with Crippen LogP contribution in [0.15, 0.2) is 59.0 Å². The van der Waals surface area contributed by atoms with Crippen LogP contribution < -0.4 is 0 Å². The van der Waals surface area contributed by atoms with Gasteiger partial charge in [0.2, 0.25) is 11.8 Å². The highest BCUT2D eigenvalue weighted by atomic mass is 16.6. The maximum Gasteiger partial charge on any atom is 0.269 e. The monoisotopic (exact) mass is 338 g/mol. The van der Waals surface area contributed by atoms with Crippen molar-refractivity contribution in [3.05, 3.63) is 76.2 Å². The van der Waals surface area contributed by atoms with Crippen LogP contribution in [0, 0.1) is 10.1 Å². The zero-order chi connectivity index (χ0) is 17.8. The summed E-state index contributed by atoms with van der Waals surface area (Å²) in [5.74, 6) is 0.387. The predicted octanol–water partition coefficient (Wildman–Crippen LogP) is 2.92. The molecule has 1 aromatic heterocycles. The van der Waals surface area contributed by atoms with Crippen molar-refractivity contribution >= 4 is 11.6 Å². The lowest BCUT2D eigenvalue weighted by Crippen LogP contribution is -2.26. The molecule has 0 saturated heterocycles. The van der Waals surface area contributed by atoms with Crippen molar-refractivity contribution in [2.45, 2.75) is 6.54 Å². The molecule has 0 atom stereocenters. The first-order valence-electron chi connectivity index (χ1n) is 7.42. The Kier molecular flexibility index (Phi) is 4.51. The summed E-state index contributed by atoms with van der Waals surface area (Å²) in [4.78, 5) is 23.9. The van der Waals surface area contributed by atoms with E-state index in [4.69, 9.17) is 4.42 Å². The molecule has 0 aliphatic rings. The zero-order valence-electron chi connectivity index (χ0n) is 13.3. The van der Waals surface area contributed by atoms with Crippen molar-refractivity contribution in [2.24, 2.45) is 0 Å². The molecule has 8 nitrogen and oxygen atoms in total. The van der Waals surface area contributed by atoms with E-state index in [1.165, 1.54) is 29.2 Å². The molecule has 0 bridgehead atoms. The lowest BCUT2D eigenvalue weighted by Gasteiger charge is -2.14. The van der Waals surface area contributed by atoms with Crippen LogP contribution in [-0.2, 0) is 6.54 Å². The van der Waals surface area contributed by atoms with Crippen molar-refractivity contribution in [2.75, 3.05) is 7.05 Å². The molecular formula is C17H14N4O4. The van der Waals surface area contributed by atoms with E-state index in [2.05, 4.69) is 10.2 Å². The maximum absolute atomic E-state index is 12.4. The van der Waals surface area contributed by atoms with Crippen molar-refractivity contribution in [1.29, 1.82) is 0 Å². The molecule has 3 rings (SSSR count). The average Bonchev–Trinajstić information content (AvgIpc) is 3.10. The van der Waals surface area contributed by atoms with Crippen LogP contribution in [0.4, 0.5) is 5.69 Å². The first-order valence-corrected chi connectivity index (χ1v) is 7.42. The van der Waals surface area contributed by atoms with E-state index < -0.39 is 4.92 Å². The molecule has 2 aromatic carbocycles. The molecule has 0 aliphatic heterocycles. The van der Waals surface area contributed by atoms with Gasteiger partial charge in [0, 0.05) is 30.3 Å². The van der Waals surface area contributed by atoms with E-state index in [0.717, 1.165) is 5.56 Å². The van der Waals surface area contributed by atoms with Crippen molar-refractivity contribution in [3.8, 4) is 11.5 Å². The van der Waals surface area contributed by atoms with Crippen LogP contribution in [-0.4, -0.2) is 33.0 Å². The molecule has 126 valence electrons. The lowest BCUT2D eigenvalue weighted by atomic mass is 10.2. The van der Waals surface area contributed by atoms with Crippen molar-refractivity contribution in [3.63, 3.8) is 0 Å². The third-order valence-corrected chi connectivity index (χ3v) is 3.53. The number of carbonyl (C=O) groups is 1. The normalized spacial score (nSPS) is 10.4. The van der Waals surface area contributed by atoms with Crippen LogP contribution in [0.25, 0.3) is 11.5 Å². The second kappa shape index (κ2) is 6.91. The summed E-state index contributed by atoms with van der Waals surface area (Å²) in [5.41, 5.74) is 1.07. The number of carbonyl (C=O) groups excluding carboxylic acids is 1. The molecule has 3 aromatic rings. The van der Waals surface area contributed by atoms with Gasteiger partial charge in [-0.1, -0.05) is 18.2 Å². The molecule has 0 unspecified atom stereocenters. The van der Waals surface area contributed by atoms with Gasteiger partial charge in [0.1, 0.15) is 0 Å². The van der Waals surface area contributed by atoms with Crippen LogP contribution in [0.3, 0.4) is 0 Å².